The summed E-state index contributed by atoms with van der Waals surface area (Å²) in [6, 6.07) is 9.57. The number of carbonyl (C=O) groups excluding carboxylic acids is 4. The van der Waals surface area contributed by atoms with E-state index in [0.29, 0.717) is 5.75 Å². The van der Waals surface area contributed by atoms with Crippen LogP contribution in [-0.4, -0.2) is 48.2 Å². The highest BCUT2D eigenvalue weighted by atomic mass is 35.5. The van der Waals surface area contributed by atoms with Crippen LogP contribution >= 0.6 is 11.6 Å². The van der Waals surface area contributed by atoms with Gasteiger partial charge in [0.2, 0.25) is 0 Å². The average molecular weight is 402 g/mol. The van der Waals surface area contributed by atoms with Gasteiger partial charge in [-0.2, -0.15) is 0 Å². The number of halogens is 1. The predicted molar refractivity (Wildman–Crippen MR) is 99.7 cm³/mol. The van der Waals surface area contributed by atoms with Gasteiger partial charge in [-0.05, 0) is 37.3 Å². The summed E-state index contributed by atoms with van der Waals surface area (Å²) >= 11 is 5.98. The molecule has 0 fully saturated rings. The number of rotatable bonds is 6. The molecule has 2 aromatic rings. The number of fused-ring (bicyclic) bond motifs is 1. The van der Waals surface area contributed by atoms with Crippen molar-refractivity contribution in [3.8, 4) is 5.75 Å². The zero-order valence-corrected chi connectivity index (χ0v) is 15.9. The van der Waals surface area contributed by atoms with Gasteiger partial charge >= 0.3 is 5.97 Å². The van der Waals surface area contributed by atoms with Gasteiger partial charge in [-0.1, -0.05) is 23.7 Å². The second-order valence-electron chi connectivity index (χ2n) is 6.08. The summed E-state index contributed by atoms with van der Waals surface area (Å²) in [4.78, 5) is 50.2. The first kappa shape index (κ1) is 19.6. The lowest BCUT2D eigenvalue weighted by Crippen LogP contribution is -2.44. The van der Waals surface area contributed by atoms with Crippen LogP contribution in [0.5, 0.6) is 5.75 Å². The average Bonchev–Trinajstić information content (AvgIpc) is 2.96. The molecule has 1 aliphatic rings. The SMILES string of the molecule is COc1ccc(C(=O)COC(=O)[C@@H](C)N2C(=O)c3ccccc3C2=O)cc1Cl. The van der Waals surface area contributed by atoms with Crippen LogP contribution in [0, 0.1) is 0 Å². The van der Waals surface area contributed by atoms with E-state index in [0.717, 1.165) is 4.90 Å². The Bertz CT molecular complexity index is 951. The number of Topliss-reactive ketones (excluding diaryl/α,β-unsaturated/α-hetero) is 1. The molecule has 28 heavy (non-hydrogen) atoms. The smallest absolute Gasteiger partial charge is 0.329 e. The molecule has 8 heteroatoms. The van der Waals surface area contributed by atoms with Crippen LogP contribution in [0.3, 0.4) is 0 Å². The maximum atomic E-state index is 12.4. The van der Waals surface area contributed by atoms with E-state index in [1.54, 1.807) is 12.1 Å². The first-order valence-corrected chi connectivity index (χ1v) is 8.73. The molecule has 0 saturated heterocycles. The summed E-state index contributed by atoms with van der Waals surface area (Å²) in [5.41, 5.74) is 0.708. The van der Waals surface area contributed by atoms with Crippen LogP contribution in [-0.2, 0) is 9.53 Å². The third kappa shape index (κ3) is 3.48. The number of esters is 1. The molecule has 1 atom stereocenters. The van der Waals surface area contributed by atoms with E-state index in [1.165, 1.54) is 44.4 Å². The zero-order chi connectivity index (χ0) is 20.4. The number of carbonyl (C=O) groups is 4. The second-order valence-corrected chi connectivity index (χ2v) is 6.49. The van der Waals surface area contributed by atoms with E-state index >= 15 is 0 Å². The molecule has 0 aromatic heterocycles. The molecule has 0 bridgehead atoms. The molecule has 2 amide bonds. The largest absolute Gasteiger partial charge is 0.495 e. The number of nitrogens with zero attached hydrogens (tertiary/aromatic N) is 1. The van der Waals surface area contributed by atoms with Gasteiger partial charge in [-0.25, -0.2) is 4.79 Å². The Morgan fingerprint density at radius 3 is 2.21 bits per heavy atom. The number of hydrogen-bond acceptors (Lipinski definition) is 6. The highest BCUT2D eigenvalue weighted by Crippen LogP contribution is 2.26. The van der Waals surface area contributed by atoms with Crippen LogP contribution in [0.1, 0.15) is 38.0 Å². The normalized spacial score (nSPS) is 13.9. The van der Waals surface area contributed by atoms with Crippen molar-refractivity contribution in [3.05, 3.63) is 64.2 Å². The van der Waals surface area contributed by atoms with Crippen molar-refractivity contribution in [2.45, 2.75) is 13.0 Å². The van der Waals surface area contributed by atoms with Gasteiger partial charge in [0.15, 0.2) is 12.4 Å². The number of ketones is 1. The van der Waals surface area contributed by atoms with E-state index in [-0.39, 0.29) is 21.7 Å². The van der Waals surface area contributed by atoms with Gasteiger partial charge in [-0.15, -0.1) is 0 Å². The first-order valence-electron chi connectivity index (χ1n) is 8.35. The molecular formula is C20H16ClNO6. The van der Waals surface area contributed by atoms with E-state index in [9.17, 15) is 19.2 Å². The molecular weight excluding hydrogens is 386 g/mol. The van der Waals surface area contributed by atoms with Crippen molar-refractivity contribution in [2.75, 3.05) is 13.7 Å². The lowest BCUT2D eigenvalue weighted by atomic mass is 10.1. The monoisotopic (exact) mass is 401 g/mol. The van der Waals surface area contributed by atoms with E-state index < -0.39 is 36.2 Å². The fourth-order valence-corrected chi connectivity index (χ4v) is 3.10. The second kappa shape index (κ2) is 7.82. The third-order valence-corrected chi connectivity index (χ3v) is 4.67. The summed E-state index contributed by atoms with van der Waals surface area (Å²) < 4.78 is 10.0. The zero-order valence-electron chi connectivity index (χ0n) is 15.1. The molecule has 1 aliphatic heterocycles. The summed E-state index contributed by atoms with van der Waals surface area (Å²) in [5, 5.41) is 0.249. The fourth-order valence-electron chi connectivity index (χ4n) is 2.85. The van der Waals surface area contributed by atoms with E-state index in [2.05, 4.69) is 0 Å². The topological polar surface area (TPSA) is 90.0 Å². The van der Waals surface area contributed by atoms with Crippen molar-refractivity contribution < 1.29 is 28.7 Å². The van der Waals surface area contributed by atoms with Crippen molar-refractivity contribution >= 4 is 35.2 Å². The predicted octanol–water partition coefficient (Wildman–Crippen LogP) is 2.76. The molecule has 0 N–H and O–H groups in total. The number of hydrogen-bond donors (Lipinski definition) is 0. The number of ether oxygens (including phenoxy) is 2. The Kier molecular flexibility index (Phi) is 5.46. The number of benzene rings is 2. The Morgan fingerprint density at radius 2 is 1.68 bits per heavy atom. The van der Waals surface area contributed by atoms with Crippen molar-refractivity contribution in [1.29, 1.82) is 0 Å². The summed E-state index contributed by atoms with van der Waals surface area (Å²) in [7, 11) is 1.45. The Labute approximate surface area is 165 Å². The number of imide groups is 1. The Morgan fingerprint density at radius 1 is 1.07 bits per heavy atom. The molecule has 2 aromatic carbocycles. The van der Waals surface area contributed by atoms with Crippen LogP contribution in [0.15, 0.2) is 42.5 Å². The van der Waals surface area contributed by atoms with Crippen LogP contribution < -0.4 is 4.74 Å². The van der Waals surface area contributed by atoms with Gasteiger partial charge in [-0.3, -0.25) is 19.3 Å². The molecule has 0 radical (unpaired) electrons. The highest BCUT2D eigenvalue weighted by Gasteiger charge is 2.41. The summed E-state index contributed by atoms with van der Waals surface area (Å²) in [5.74, 6) is -2.07. The lowest BCUT2D eigenvalue weighted by Gasteiger charge is -2.20. The standard InChI is InChI=1S/C20H16ClNO6/c1-11(22-18(24)13-5-3-4-6-14(13)19(22)25)20(26)28-10-16(23)12-7-8-17(27-2)15(21)9-12/h3-9,11H,10H2,1-2H3/t11-/m1/s1. The summed E-state index contributed by atoms with van der Waals surface area (Å²) in [6.07, 6.45) is 0. The minimum Gasteiger partial charge on any atom is -0.495 e. The third-order valence-electron chi connectivity index (χ3n) is 4.37. The summed E-state index contributed by atoms with van der Waals surface area (Å²) in [6.45, 7) is 0.827. The molecule has 0 saturated carbocycles. The minimum atomic E-state index is -1.17. The van der Waals surface area contributed by atoms with Crippen molar-refractivity contribution in [1.82, 2.24) is 4.90 Å². The first-order chi connectivity index (χ1) is 13.3. The van der Waals surface area contributed by atoms with E-state index in [1.807, 2.05) is 0 Å². The quantitative estimate of drug-likeness (QED) is 0.420. The molecule has 0 spiro atoms. The molecule has 144 valence electrons. The maximum Gasteiger partial charge on any atom is 0.329 e. The van der Waals surface area contributed by atoms with Crippen LogP contribution in [0.2, 0.25) is 5.02 Å². The van der Waals surface area contributed by atoms with Crippen molar-refractivity contribution in [3.63, 3.8) is 0 Å². The van der Waals surface area contributed by atoms with Gasteiger partial charge < -0.3 is 9.47 Å². The van der Waals surface area contributed by atoms with Crippen molar-refractivity contribution in [2.24, 2.45) is 0 Å². The molecule has 7 nitrogen and oxygen atoms in total. The van der Waals surface area contributed by atoms with Gasteiger partial charge in [0, 0.05) is 5.56 Å². The minimum absolute atomic E-state index is 0.233. The fraction of sp³-hybridized carbons (Fsp3) is 0.200. The highest BCUT2D eigenvalue weighted by molar-refractivity contribution is 6.32. The van der Waals surface area contributed by atoms with Gasteiger partial charge in [0.1, 0.15) is 11.8 Å². The number of amides is 2. The van der Waals surface area contributed by atoms with Crippen LogP contribution in [0.4, 0.5) is 0 Å². The lowest BCUT2D eigenvalue weighted by molar-refractivity contribution is -0.146. The molecule has 1 heterocycles. The van der Waals surface area contributed by atoms with E-state index in [4.69, 9.17) is 21.1 Å². The van der Waals surface area contributed by atoms with Crippen LogP contribution in [0.25, 0.3) is 0 Å². The Balaban J connectivity index is 1.65. The number of methoxy groups -OCH3 is 1. The molecule has 0 aliphatic carbocycles. The molecule has 0 unspecified atom stereocenters. The van der Waals surface area contributed by atoms with Gasteiger partial charge in [0.25, 0.3) is 11.8 Å². The maximum absolute atomic E-state index is 12.4. The van der Waals surface area contributed by atoms with Gasteiger partial charge in [0.05, 0.1) is 23.3 Å². The molecule has 3 rings (SSSR count). The Hall–Kier alpha value is -3.19.